The van der Waals surface area contributed by atoms with Crippen LogP contribution in [-0.2, 0) is 16.0 Å². The molecule has 8 heteroatoms. The molecule has 29 heavy (non-hydrogen) atoms. The number of carbonyl (C=O) groups excluding carboxylic acids is 3. The van der Waals surface area contributed by atoms with Gasteiger partial charge in [-0.2, -0.15) is 0 Å². The lowest BCUT2D eigenvalue weighted by atomic mass is 10.2. The van der Waals surface area contributed by atoms with Gasteiger partial charge in [0, 0.05) is 19.2 Å². The van der Waals surface area contributed by atoms with Crippen molar-refractivity contribution < 1.29 is 19.5 Å². The zero-order valence-electron chi connectivity index (χ0n) is 16.0. The molecule has 1 aliphatic heterocycles. The van der Waals surface area contributed by atoms with Crippen LogP contribution < -0.4 is 10.4 Å². The summed E-state index contributed by atoms with van der Waals surface area (Å²) in [5.41, 5.74) is 2.44. The summed E-state index contributed by atoms with van der Waals surface area (Å²) in [4.78, 5) is 41.6. The maximum atomic E-state index is 12.5. The van der Waals surface area contributed by atoms with E-state index in [2.05, 4.69) is 17.2 Å². The number of thioether (sulfide) groups is 1. The molecule has 0 radical (unpaired) electrons. The Balaban J connectivity index is 1.63. The van der Waals surface area contributed by atoms with Crippen LogP contribution in [0.2, 0.25) is 0 Å². The van der Waals surface area contributed by atoms with Crippen LogP contribution in [-0.4, -0.2) is 40.1 Å². The summed E-state index contributed by atoms with van der Waals surface area (Å²) >= 11 is 1.26. The van der Waals surface area contributed by atoms with E-state index in [1.165, 1.54) is 46.5 Å². The fraction of sp³-hybridized carbons (Fsp3) is 0.238. The molecule has 0 aromatic heterocycles. The minimum Gasteiger partial charge on any atom is -0.545 e. The van der Waals surface area contributed by atoms with Crippen molar-refractivity contribution in [2.45, 2.75) is 25.0 Å². The third kappa shape index (κ3) is 5.03. The number of aliphatic imine (C=N–C) groups is 1. The lowest BCUT2D eigenvalue weighted by Gasteiger charge is -2.10. The number of nitrogens with zero attached hydrogens (tertiary/aromatic N) is 2. The van der Waals surface area contributed by atoms with Crippen molar-refractivity contribution in [3.8, 4) is 0 Å². The Bertz CT molecular complexity index is 955. The van der Waals surface area contributed by atoms with Gasteiger partial charge in [-0.25, -0.2) is 4.99 Å². The van der Waals surface area contributed by atoms with E-state index in [4.69, 9.17) is 0 Å². The Labute approximate surface area is 172 Å². The second-order valence-electron chi connectivity index (χ2n) is 6.54. The normalized spacial score (nSPS) is 17.6. The van der Waals surface area contributed by atoms with Gasteiger partial charge in [0.1, 0.15) is 5.25 Å². The molecule has 0 bridgehead atoms. The molecule has 1 fully saturated rings. The maximum Gasteiger partial charge on any atom is 0.242 e. The number of nitrogens with one attached hydrogen (secondary N) is 1. The van der Waals surface area contributed by atoms with Gasteiger partial charge in [0.2, 0.25) is 11.8 Å². The molecule has 150 valence electrons. The highest BCUT2D eigenvalue weighted by Crippen LogP contribution is 2.30. The first kappa shape index (κ1) is 20.6. The lowest BCUT2D eigenvalue weighted by molar-refractivity contribution is -0.255. The largest absolute Gasteiger partial charge is 0.545 e. The van der Waals surface area contributed by atoms with Crippen molar-refractivity contribution in [2.24, 2.45) is 4.99 Å². The number of anilines is 1. The Hall–Kier alpha value is -3.13. The second-order valence-corrected chi connectivity index (χ2v) is 7.71. The summed E-state index contributed by atoms with van der Waals surface area (Å²) in [6, 6.07) is 13.5. The maximum absolute atomic E-state index is 12.5. The standard InChI is InChI=1S/C21H21N3O4S/c1-3-13-4-8-16(9-5-13)23-21-24(2)19(26)17(29-21)12-18(25)22-15-10-6-14(7-11-15)20(27)28/h4-11,17H,3,12H2,1-2H3,(H,22,25)(H,27,28)/p-1/t17-/m0/s1. The van der Waals surface area contributed by atoms with E-state index in [0.717, 1.165) is 12.1 Å². The summed E-state index contributed by atoms with van der Waals surface area (Å²) in [5.74, 6) is -1.80. The molecule has 2 aromatic carbocycles. The topological polar surface area (TPSA) is 102 Å². The number of aryl methyl sites for hydroxylation is 1. The molecule has 7 nitrogen and oxygen atoms in total. The Kier molecular flexibility index (Phi) is 6.33. The molecule has 3 rings (SSSR count). The van der Waals surface area contributed by atoms with Crippen LogP contribution >= 0.6 is 11.8 Å². The van der Waals surface area contributed by atoms with Gasteiger partial charge < -0.3 is 15.2 Å². The first-order valence-corrected chi connectivity index (χ1v) is 9.98. The van der Waals surface area contributed by atoms with Crippen molar-refractivity contribution in [3.63, 3.8) is 0 Å². The zero-order chi connectivity index (χ0) is 21.0. The lowest BCUT2D eigenvalue weighted by Crippen LogP contribution is -2.30. The van der Waals surface area contributed by atoms with Crippen LogP contribution in [0.1, 0.15) is 29.3 Å². The second kappa shape index (κ2) is 8.91. The minimum absolute atomic E-state index is 0.0100. The van der Waals surface area contributed by atoms with E-state index in [1.807, 2.05) is 24.3 Å². The van der Waals surface area contributed by atoms with E-state index >= 15 is 0 Å². The molecule has 1 saturated heterocycles. The SMILES string of the molecule is CCc1ccc(N=C2S[C@@H](CC(=O)Nc3ccc(C(=O)[O-])cc3)C(=O)N2C)cc1. The number of aromatic carboxylic acids is 1. The Morgan fingerprint density at radius 3 is 2.38 bits per heavy atom. The van der Waals surface area contributed by atoms with Gasteiger partial charge in [-0.1, -0.05) is 43.0 Å². The van der Waals surface area contributed by atoms with E-state index in [1.54, 1.807) is 7.05 Å². The average Bonchev–Trinajstić information content (AvgIpc) is 2.96. The van der Waals surface area contributed by atoms with Gasteiger partial charge in [0.15, 0.2) is 5.17 Å². The summed E-state index contributed by atoms with van der Waals surface area (Å²) in [7, 11) is 1.64. The number of hydrogen-bond donors (Lipinski definition) is 1. The summed E-state index contributed by atoms with van der Waals surface area (Å²) < 4.78 is 0. The van der Waals surface area contributed by atoms with Crippen LogP contribution in [0.4, 0.5) is 11.4 Å². The Morgan fingerprint density at radius 1 is 1.14 bits per heavy atom. The highest BCUT2D eigenvalue weighted by atomic mass is 32.2. The molecule has 1 N–H and O–H groups in total. The predicted molar refractivity (Wildman–Crippen MR) is 111 cm³/mol. The molecule has 1 aliphatic rings. The Morgan fingerprint density at radius 2 is 1.79 bits per heavy atom. The van der Waals surface area contributed by atoms with Gasteiger partial charge in [0.25, 0.3) is 0 Å². The first-order valence-electron chi connectivity index (χ1n) is 9.10. The van der Waals surface area contributed by atoms with Crippen molar-refractivity contribution in [1.29, 1.82) is 0 Å². The zero-order valence-corrected chi connectivity index (χ0v) is 16.9. The van der Waals surface area contributed by atoms with Gasteiger partial charge in [0.05, 0.1) is 11.7 Å². The number of carbonyl (C=O) groups is 3. The van der Waals surface area contributed by atoms with Gasteiger partial charge in [-0.15, -0.1) is 0 Å². The highest BCUT2D eigenvalue weighted by molar-refractivity contribution is 8.15. The van der Waals surface area contributed by atoms with Gasteiger partial charge >= 0.3 is 0 Å². The molecular weight excluding hydrogens is 390 g/mol. The third-order valence-corrected chi connectivity index (χ3v) is 5.71. The smallest absolute Gasteiger partial charge is 0.242 e. The first-order chi connectivity index (χ1) is 13.9. The van der Waals surface area contributed by atoms with E-state index in [0.29, 0.717) is 10.9 Å². The van der Waals surface area contributed by atoms with Gasteiger partial charge in [-0.05, 0) is 41.8 Å². The van der Waals surface area contributed by atoms with E-state index in [-0.39, 0.29) is 23.8 Å². The van der Waals surface area contributed by atoms with Crippen LogP contribution in [0.15, 0.2) is 53.5 Å². The average molecular weight is 410 g/mol. The van der Waals surface area contributed by atoms with E-state index < -0.39 is 11.2 Å². The molecule has 0 unspecified atom stereocenters. The quantitative estimate of drug-likeness (QED) is 0.787. The third-order valence-electron chi connectivity index (χ3n) is 4.49. The number of benzene rings is 2. The van der Waals surface area contributed by atoms with Crippen molar-refractivity contribution in [3.05, 3.63) is 59.7 Å². The van der Waals surface area contributed by atoms with Gasteiger partial charge in [-0.3, -0.25) is 14.5 Å². The monoisotopic (exact) mass is 410 g/mol. The van der Waals surface area contributed by atoms with Crippen molar-refractivity contribution in [2.75, 3.05) is 12.4 Å². The number of carboxylic acid groups (broad SMARTS) is 1. The number of carboxylic acids is 1. The molecule has 0 saturated carbocycles. The van der Waals surface area contributed by atoms with Crippen molar-refractivity contribution in [1.82, 2.24) is 4.90 Å². The fourth-order valence-electron chi connectivity index (χ4n) is 2.78. The van der Waals surface area contributed by atoms with Crippen LogP contribution in [0.3, 0.4) is 0 Å². The predicted octanol–water partition coefficient (Wildman–Crippen LogP) is 2.20. The minimum atomic E-state index is -1.28. The number of rotatable bonds is 6. The molecule has 1 atom stereocenters. The molecule has 0 spiro atoms. The van der Waals surface area contributed by atoms with Crippen LogP contribution in [0, 0.1) is 0 Å². The summed E-state index contributed by atoms with van der Waals surface area (Å²) in [6.45, 7) is 2.08. The number of amides is 2. The molecular formula is C21H20N3O4S-. The van der Waals surface area contributed by atoms with Crippen molar-refractivity contribution >= 4 is 46.1 Å². The molecule has 0 aliphatic carbocycles. The molecule has 2 aromatic rings. The van der Waals surface area contributed by atoms with Crippen LogP contribution in [0.5, 0.6) is 0 Å². The summed E-state index contributed by atoms with van der Waals surface area (Å²) in [6.07, 6.45) is 0.932. The summed E-state index contributed by atoms with van der Waals surface area (Å²) in [5, 5.41) is 13.4. The number of amidine groups is 1. The van der Waals surface area contributed by atoms with Crippen LogP contribution in [0.25, 0.3) is 0 Å². The highest BCUT2D eigenvalue weighted by Gasteiger charge is 2.37. The van der Waals surface area contributed by atoms with E-state index in [9.17, 15) is 19.5 Å². The fourth-order valence-corrected chi connectivity index (χ4v) is 3.94. The molecule has 1 heterocycles. The number of hydrogen-bond acceptors (Lipinski definition) is 6. The molecule has 2 amide bonds.